The van der Waals surface area contributed by atoms with Crippen molar-refractivity contribution in [1.82, 2.24) is 20.0 Å². The maximum absolute atomic E-state index is 12.5. The highest BCUT2D eigenvalue weighted by Crippen LogP contribution is 2.20. The number of nitrogens with zero attached hydrogens (tertiary/aromatic N) is 4. The van der Waals surface area contributed by atoms with Crippen LogP contribution in [-0.2, 0) is 17.8 Å². The minimum absolute atomic E-state index is 0.0180. The summed E-state index contributed by atoms with van der Waals surface area (Å²) in [5.74, 6) is 2.27. The molecule has 0 spiro atoms. The summed E-state index contributed by atoms with van der Waals surface area (Å²) < 4.78 is 5.35. The van der Waals surface area contributed by atoms with Crippen LogP contribution >= 0.6 is 11.6 Å². The van der Waals surface area contributed by atoms with Gasteiger partial charge < -0.3 is 9.84 Å². The molecule has 1 aliphatic heterocycles. The smallest absolute Gasteiger partial charge is 0.240 e. The maximum Gasteiger partial charge on any atom is 0.240 e. The second-order valence-corrected chi connectivity index (χ2v) is 7.56. The number of likely N-dealkylation sites (tertiary alicyclic amines) is 1. The van der Waals surface area contributed by atoms with Gasteiger partial charge in [-0.3, -0.25) is 9.69 Å². The summed E-state index contributed by atoms with van der Waals surface area (Å²) in [6.45, 7) is 6.42. The molecular formula is C18H24ClN5O2. The molecule has 140 valence electrons. The molecule has 1 atom stereocenters. The molecule has 1 N–H and O–H groups in total. The molecule has 0 aromatic carbocycles. The van der Waals surface area contributed by atoms with Crippen LogP contribution in [0.25, 0.3) is 0 Å². The fourth-order valence-corrected chi connectivity index (χ4v) is 3.20. The molecule has 8 heteroatoms. The van der Waals surface area contributed by atoms with Gasteiger partial charge in [-0.1, -0.05) is 30.6 Å². The molecule has 0 saturated carbocycles. The Hall–Kier alpha value is -1.99. The zero-order valence-electron chi connectivity index (χ0n) is 15.1. The van der Waals surface area contributed by atoms with Crippen molar-refractivity contribution in [2.45, 2.75) is 39.7 Å². The molecule has 0 aliphatic carbocycles. The van der Waals surface area contributed by atoms with Gasteiger partial charge in [0.15, 0.2) is 5.82 Å². The molecule has 7 nitrogen and oxygen atoms in total. The number of piperidine rings is 1. The Labute approximate surface area is 158 Å². The van der Waals surface area contributed by atoms with Crippen molar-refractivity contribution in [3.63, 3.8) is 0 Å². The van der Waals surface area contributed by atoms with E-state index in [-0.39, 0.29) is 11.8 Å². The SMILES string of the molecule is CC(C)Cc1noc(CN2CCCC(C(=O)Nc3ccc(Cl)cn3)C2)n1. The number of pyridine rings is 1. The van der Waals surface area contributed by atoms with Gasteiger partial charge in [-0.25, -0.2) is 4.98 Å². The third-order valence-corrected chi connectivity index (χ3v) is 4.54. The van der Waals surface area contributed by atoms with Crippen LogP contribution in [0, 0.1) is 11.8 Å². The Morgan fingerprint density at radius 3 is 3.04 bits per heavy atom. The van der Waals surface area contributed by atoms with Crippen LogP contribution in [-0.4, -0.2) is 39.0 Å². The Morgan fingerprint density at radius 1 is 1.46 bits per heavy atom. The highest BCUT2D eigenvalue weighted by atomic mass is 35.5. The van der Waals surface area contributed by atoms with Crippen molar-refractivity contribution in [2.24, 2.45) is 11.8 Å². The average Bonchev–Trinajstić information content (AvgIpc) is 3.03. The summed E-state index contributed by atoms with van der Waals surface area (Å²) >= 11 is 5.82. The van der Waals surface area contributed by atoms with Crippen molar-refractivity contribution in [3.05, 3.63) is 35.1 Å². The number of anilines is 1. The summed E-state index contributed by atoms with van der Waals surface area (Å²) in [5, 5.41) is 7.43. The second-order valence-electron chi connectivity index (χ2n) is 7.13. The molecule has 2 aromatic heterocycles. The number of amides is 1. The number of rotatable bonds is 6. The number of aromatic nitrogens is 3. The number of carbonyl (C=O) groups is 1. The van der Waals surface area contributed by atoms with Gasteiger partial charge >= 0.3 is 0 Å². The Bertz CT molecular complexity index is 731. The topological polar surface area (TPSA) is 84.2 Å². The van der Waals surface area contributed by atoms with Crippen LogP contribution in [0.4, 0.5) is 5.82 Å². The lowest BCUT2D eigenvalue weighted by Crippen LogP contribution is -2.40. The fraction of sp³-hybridized carbons (Fsp3) is 0.556. The van der Waals surface area contributed by atoms with E-state index in [4.69, 9.17) is 16.1 Å². The molecule has 0 radical (unpaired) electrons. The molecular weight excluding hydrogens is 354 g/mol. The number of carbonyl (C=O) groups excluding carboxylic acids is 1. The van der Waals surface area contributed by atoms with Gasteiger partial charge in [0, 0.05) is 19.2 Å². The molecule has 26 heavy (non-hydrogen) atoms. The molecule has 1 amide bonds. The Kier molecular flexibility index (Phi) is 6.21. The fourth-order valence-electron chi connectivity index (χ4n) is 3.08. The first-order valence-corrected chi connectivity index (χ1v) is 9.33. The minimum Gasteiger partial charge on any atom is -0.338 e. The van der Waals surface area contributed by atoms with Crippen molar-refractivity contribution < 1.29 is 9.32 Å². The van der Waals surface area contributed by atoms with E-state index in [1.165, 1.54) is 6.20 Å². The second kappa shape index (κ2) is 8.60. The van der Waals surface area contributed by atoms with E-state index < -0.39 is 0 Å². The first-order chi connectivity index (χ1) is 12.5. The van der Waals surface area contributed by atoms with E-state index >= 15 is 0 Å². The largest absolute Gasteiger partial charge is 0.338 e. The van der Waals surface area contributed by atoms with Crippen LogP contribution in [0.15, 0.2) is 22.9 Å². The van der Waals surface area contributed by atoms with Gasteiger partial charge in [-0.05, 0) is 37.4 Å². The van der Waals surface area contributed by atoms with Gasteiger partial charge in [-0.2, -0.15) is 4.98 Å². The van der Waals surface area contributed by atoms with Gasteiger partial charge in [0.2, 0.25) is 11.8 Å². The van der Waals surface area contributed by atoms with E-state index in [2.05, 4.69) is 39.2 Å². The van der Waals surface area contributed by atoms with Crippen molar-refractivity contribution >= 4 is 23.3 Å². The van der Waals surface area contributed by atoms with Crippen LogP contribution in [0.3, 0.4) is 0 Å². The average molecular weight is 378 g/mol. The normalized spacial score (nSPS) is 18.2. The molecule has 1 fully saturated rings. The lowest BCUT2D eigenvalue weighted by atomic mass is 9.97. The lowest BCUT2D eigenvalue weighted by molar-refractivity contribution is -0.121. The Morgan fingerprint density at radius 2 is 2.31 bits per heavy atom. The first kappa shape index (κ1) is 18.8. The van der Waals surface area contributed by atoms with E-state index in [0.717, 1.165) is 31.6 Å². The highest BCUT2D eigenvalue weighted by Gasteiger charge is 2.27. The van der Waals surface area contributed by atoms with Gasteiger partial charge in [0.05, 0.1) is 17.5 Å². The van der Waals surface area contributed by atoms with Crippen LogP contribution in [0.2, 0.25) is 5.02 Å². The van der Waals surface area contributed by atoms with Crippen LogP contribution in [0.5, 0.6) is 0 Å². The first-order valence-electron chi connectivity index (χ1n) is 8.96. The molecule has 1 unspecified atom stereocenters. The van der Waals surface area contributed by atoms with E-state index in [1.54, 1.807) is 12.1 Å². The zero-order valence-corrected chi connectivity index (χ0v) is 15.9. The summed E-state index contributed by atoms with van der Waals surface area (Å²) in [6, 6.07) is 3.41. The van der Waals surface area contributed by atoms with E-state index in [0.29, 0.717) is 35.7 Å². The summed E-state index contributed by atoms with van der Waals surface area (Å²) in [4.78, 5) is 23.3. The summed E-state index contributed by atoms with van der Waals surface area (Å²) in [6.07, 6.45) is 4.15. The van der Waals surface area contributed by atoms with Crippen LogP contribution in [0.1, 0.15) is 38.4 Å². The van der Waals surface area contributed by atoms with Gasteiger partial charge in [0.25, 0.3) is 0 Å². The van der Waals surface area contributed by atoms with Crippen LogP contribution < -0.4 is 5.32 Å². The minimum atomic E-state index is -0.0840. The van der Waals surface area contributed by atoms with E-state index in [9.17, 15) is 4.79 Å². The number of halogens is 1. The predicted molar refractivity (Wildman–Crippen MR) is 98.7 cm³/mol. The van der Waals surface area contributed by atoms with Crippen molar-refractivity contribution in [2.75, 3.05) is 18.4 Å². The molecule has 1 aliphatic rings. The van der Waals surface area contributed by atoms with Gasteiger partial charge in [0.1, 0.15) is 5.82 Å². The molecule has 1 saturated heterocycles. The molecule has 2 aromatic rings. The highest BCUT2D eigenvalue weighted by molar-refractivity contribution is 6.30. The Balaban J connectivity index is 1.54. The number of hydrogen-bond donors (Lipinski definition) is 1. The number of nitrogens with one attached hydrogen (secondary N) is 1. The van der Waals surface area contributed by atoms with Crippen molar-refractivity contribution in [3.8, 4) is 0 Å². The quantitative estimate of drug-likeness (QED) is 0.832. The van der Waals surface area contributed by atoms with E-state index in [1.807, 2.05) is 0 Å². The van der Waals surface area contributed by atoms with Gasteiger partial charge in [-0.15, -0.1) is 0 Å². The third-order valence-electron chi connectivity index (χ3n) is 4.31. The number of hydrogen-bond acceptors (Lipinski definition) is 6. The summed E-state index contributed by atoms with van der Waals surface area (Å²) in [7, 11) is 0. The van der Waals surface area contributed by atoms with Crippen molar-refractivity contribution in [1.29, 1.82) is 0 Å². The summed E-state index contributed by atoms with van der Waals surface area (Å²) in [5.41, 5.74) is 0. The standard InChI is InChI=1S/C18H24ClN5O2/c1-12(2)8-16-21-17(26-23-16)11-24-7-3-4-13(10-24)18(25)22-15-6-5-14(19)9-20-15/h5-6,9,12-13H,3-4,7-8,10-11H2,1-2H3,(H,20,22,25). The predicted octanol–water partition coefficient (Wildman–Crippen LogP) is 3.17. The molecule has 0 bridgehead atoms. The molecule has 3 heterocycles. The molecule has 3 rings (SSSR count). The third kappa shape index (κ3) is 5.25. The zero-order chi connectivity index (χ0) is 18.5. The lowest BCUT2D eigenvalue weighted by Gasteiger charge is -2.30. The monoisotopic (exact) mass is 377 g/mol. The maximum atomic E-state index is 12.5.